The lowest BCUT2D eigenvalue weighted by atomic mass is 9.87. The molecule has 0 atom stereocenters. The molecule has 3 rings (SSSR count). The van der Waals surface area contributed by atoms with E-state index in [1.54, 1.807) is 12.1 Å². The molecule has 1 aliphatic carbocycles. The van der Waals surface area contributed by atoms with Crippen molar-refractivity contribution in [1.29, 1.82) is 0 Å². The van der Waals surface area contributed by atoms with Gasteiger partial charge in [0.05, 0.1) is 16.8 Å². The van der Waals surface area contributed by atoms with Crippen LogP contribution in [0.15, 0.2) is 47.5 Å². The van der Waals surface area contributed by atoms with Crippen molar-refractivity contribution in [2.24, 2.45) is 5.92 Å². The lowest BCUT2D eigenvalue weighted by molar-refractivity contribution is -0.122. The van der Waals surface area contributed by atoms with Crippen LogP contribution in [0.3, 0.4) is 0 Å². The first kappa shape index (κ1) is 24.4. The van der Waals surface area contributed by atoms with Crippen LogP contribution in [-0.2, 0) is 21.1 Å². The predicted octanol–water partition coefficient (Wildman–Crippen LogP) is 3.41. The third-order valence-electron chi connectivity index (χ3n) is 5.64. The first-order valence-corrected chi connectivity index (χ1v) is 12.3. The van der Waals surface area contributed by atoms with Gasteiger partial charge < -0.3 is 15.7 Å². The van der Waals surface area contributed by atoms with Gasteiger partial charge in [-0.3, -0.25) is 9.59 Å². The van der Waals surface area contributed by atoms with Crippen molar-refractivity contribution in [2.45, 2.75) is 49.8 Å². The number of carboxylic acid groups (broad SMARTS) is 1. The number of sulfone groups is 1. The molecule has 3 N–H and O–H groups in total. The number of hydrogen-bond donors (Lipinski definition) is 3. The largest absolute Gasteiger partial charge is 0.477 e. The van der Waals surface area contributed by atoms with E-state index in [0.29, 0.717) is 25.3 Å². The number of rotatable bonds is 8. The summed E-state index contributed by atoms with van der Waals surface area (Å²) in [6.45, 7) is 0.456. The van der Waals surface area contributed by atoms with Gasteiger partial charge in [-0.15, -0.1) is 0 Å². The second-order valence-electron chi connectivity index (χ2n) is 8.11. The Balaban J connectivity index is 1.50. The molecule has 1 fully saturated rings. The van der Waals surface area contributed by atoms with E-state index in [0.717, 1.165) is 30.7 Å². The number of nitrogens with one attached hydrogen (secondary N) is 2. The third kappa shape index (κ3) is 6.85. The molecule has 10 heteroatoms. The molecule has 1 aliphatic rings. The van der Waals surface area contributed by atoms with Crippen LogP contribution < -0.4 is 10.6 Å². The highest BCUT2D eigenvalue weighted by Gasteiger charge is 2.25. The molecule has 9 nitrogen and oxygen atoms in total. The number of amides is 2. The molecule has 1 aromatic heterocycles. The number of pyridine rings is 1. The van der Waals surface area contributed by atoms with Gasteiger partial charge in [-0.1, -0.05) is 31.4 Å². The maximum Gasteiger partial charge on any atom is 0.354 e. The van der Waals surface area contributed by atoms with Gasteiger partial charge in [-0.2, -0.15) is 0 Å². The van der Waals surface area contributed by atoms with Crippen LogP contribution in [0.2, 0.25) is 0 Å². The van der Waals surface area contributed by atoms with E-state index in [4.69, 9.17) is 5.11 Å². The van der Waals surface area contributed by atoms with Crippen molar-refractivity contribution in [1.82, 2.24) is 10.3 Å². The van der Waals surface area contributed by atoms with E-state index in [2.05, 4.69) is 15.6 Å². The normalized spacial score (nSPS) is 14.4. The zero-order valence-electron chi connectivity index (χ0n) is 18.1. The standard InChI is InChI=1S/C23H27N3O6S/c27-21(14-17-4-2-1-3-5-17)24-13-12-16-6-9-19(10-7-16)33(31,32)23(30)26-18-8-11-20(22(28)29)25-15-18/h6-11,15,17H,1-5,12-14H2,(H,24,27)(H,26,30)(H,28,29). The number of carbonyl (C=O) groups is 3. The van der Waals surface area contributed by atoms with E-state index in [-0.39, 0.29) is 22.2 Å². The van der Waals surface area contributed by atoms with Gasteiger partial charge in [0, 0.05) is 13.0 Å². The van der Waals surface area contributed by atoms with E-state index in [9.17, 15) is 22.8 Å². The van der Waals surface area contributed by atoms with Gasteiger partial charge in [-0.25, -0.2) is 18.2 Å². The fraction of sp³-hybridized carbons (Fsp3) is 0.391. The molecule has 2 aromatic rings. The summed E-state index contributed by atoms with van der Waals surface area (Å²) in [6.07, 6.45) is 8.04. The average molecular weight is 474 g/mol. The Morgan fingerprint density at radius 3 is 2.30 bits per heavy atom. The number of benzene rings is 1. The van der Waals surface area contributed by atoms with Crippen molar-refractivity contribution in [2.75, 3.05) is 11.9 Å². The first-order valence-electron chi connectivity index (χ1n) is 10.9. The highest BCUT2D eigenvalue weighted by Crippen LogP contribution is 2.26. The zero-order valence-corrected chi connectivity index (χ0v) is 18.9. The average Bonchev–Trinajstić information content (AvgIpc) is 2.80. The van der Waals surface area contributed by atoms with Crippen LogP contribution in [-0.4, -0.2) is 42.2 Å². The van der Waals surface area contributed by atoms with Crippen LogP contribution in [0.5, 0.6) is 0 Å². The summed E-state index contributed by atoms with van der Waals surface area (Å²) in [5, 5.41) is 12.7. The summed E-state index contributed by atoms with van der Waals surface area (Å²) in [5.74, 6) is -0.715. The molecule has 1 aromatic carbocycles. The third-order valence-corrected chi connectivity index (χ3v) is 7.12. The summed E-state index contributed by atoms with van der Waals surface area (Å²) in [4.78, 5) is 38.6. The van der Waals surface area contributed by atoms with E-state index in [1.165, 1.54) is 37.5 Å². The van der Waals surface area contributed by atoms with Crippen LogP contribution in [0.1, 0.15) is 54.6 Å². The molecule has 0 unspecified atom stereocenters. The van der Waals surface area contributed by atoms with E-state index < -0.39 is 21.0 Å². The minimum atomic E-state index is -4.29. The Morgan fingerprint density at radius 2 is 1.70 bits per heavy atom. The van der Waals surface area contributed by atoms with Crippen molar-refractivity contribution in [3.63, 3.8) is 0 Å². The second-order valence-corrected chi connectivity index (χ2v) is 9.95. The number of anilines is 1. The summed E-state index contributed by atoms with van der Waals surface area (Å²) >= 11 is 0. The van der Waals surface area contributed by atoms with Gasteiger partial charge in [0.1, 0.15) is 5.69 Å². The fourth-order valence-corrected chi connectivity index (χ4v) is 4.75. The summed E-state index contributed by atoms with van der Waals surface area (Å²) in [5.41, 5.74) is 0.673. The molecule has 0 aliphatic heterocycles. The maximum atomic E-state index is 12.5. The lowest BCUT2D eigenvalue weighted by Crippen LogP contribution is -2.28. The molecular formula is C23H27N3O6S. The Kier molecular flexibility index (Phi) is 8.16. The zero-order chi connectivity index (χ0) is 23.8. The smallest absolute Gasteiger partial charge is 0.354 e. The van der Waals surface area contributed by atoms with E-state index >= 15 is 0 Å². The Hall–Kier alpha value is -3.27. The number of nitrogens with zero attached hydrogens (tertiary/aromatic N) is 1. The van der Waals surface area contributed by atoms with Gasteiger partial charge in [0.25, 0.3) is 9.84 Å². The lowest BCUT2D eigenvalue weighted by Gasteiger charge is -2.20. The highest BCUT2D eigenvalue weighted by atomic mass is 32.2. The predicted molar refractivity (Wildman–Crippen MR) is 122 cm³/mol. The van der Waals surface area contributed by atoms with Crippen LogP contribution in [0.4, 0.5) is 10.5 Å². The SMILES string of the molecule is O=C(CC1CCCCC1)NCCc1ccc(S(=O)(=O)C(=O)Nc2ccc(C(=O)O)nc2)cc1. The molecule has 0 spiro atoms. The van der Waals surface area contributed by atoms with Crippen LogP contribution in [0.25, 0.3) is 0 Å². The van der Waals surface area contributed by atoms with Gasteiger partial charge in [0.2, 0.25) is 5.91 Å². The van der Waals surface area contributed by atoms with E-state index in [1.807, 2.05) is 0 Å². The van der Waals surface area contributed by atoms with Gasteiger partial charge >= 0.3 is 11.2 Å². The molecule has 2 amide bonds. The Morgan fingerprint density at radius 1 is 1.00 bits per heavy atom. The Labute approximate surface area is 192 Å². The molecule has 33 heavy (non-hydrogen) atoms. The van der Waals surface area contributed by atoms with Crippen LogP contribution >= 0.6 is 0 Å². The molecule has 1 heterocycles. The monoisotopic (exact) mass is 473 g/mol. The van der Waals surface area contributed by atoms with Crippen molar-refractivity contribution in [3.05, 3.63) is 53.9 Å². The first-order chi connectivity index (χ1) is 15.8. The number of aromatic carboxylic acids is 1. The molecule has 176 valence electrons. The van der Waals surface area contributed by atoms with Crippen molar-refractivity contribution >= 4 is 32.6 Å². The van der Waals surface area contributed by atoms with Crippen molar-refractivity contribution < 1.29 is 27.9 Å². The Bertz CT molecular complexity index is 1090. The minimum Gasteiger partial charge on any atom is -0.477 e. The summed E-state index contributed by atoms with van der Waals surface area (Å²) in [6, 6.07) is 8.33. The summed E-state index contributed by atoms with van der Waals surface area (Å²) in [7, 11) is -4.29. The minimum absolute atomic E-state index is 0.0450. The quantitative estimate of drug-likeness (QED) is 0.533. The fourth-order valence-electron chi connectivity index (χ4n) is 3.79. The number of aromatic nitrogens is 1. The molecule has 1 saturated carbocycles. The number of carboxylic acids is 1. The summed E-state index contributed by atoms with van der Waals surface area (Å²) < 4.78 is 25.1. The maximum absolute atomic E-state index is 12.5. The topological polar surface area (TPSA) is 143 Å². The number of carbonyl (C=O) groups excluding carboxylic acids is 2. The van der Waals surface area contributed by atoms with Crippen LogP contribution in [0, 0.1) is 5.92 Å². The van der Waals surface area contributed by atoms with Gasteiger partial charge in [-0.05, 0) is 55.0 Å². The molecule has 0 radical (unpaired) electrons. The highest BCUT2D eigenvalue weighted by molar-refractivity contribution is 8.06. The molecular weight excluding hydrogens is 446 g/mol. The molecule has 0 saturated heterocycles. The second kappa shape index (κ2) is 11.0. The van der Waals surface area contributed by atoms with Crippen molar-refractivity contribution in [3.8, 4) is 0 Å². The van der Waals surface area contributed by atoms with Gasteiger partial charge in [0.15, 0.2) is 0 Å². The number of hydrogen-bond acceptors (Lipinski definition) is 6. The molecule has 0 bridgehead atoms.